The smallest absolute Gasteiger partial charge is 0.161 e. The number of ether oxygens (including phenoxy) is 2. The van der Waals surface area contributed by atoms with Gasteiger partial charge in [0, 0.05) is 12.6 Å². The first-order chi connectivity index (χ1) is 9.61. The topological polar surface area (TPSA) is 41.9 Å². The maximum Gasteiger partial charge on any atom is 0.161 e. The van der Waals surface area contributed by atoms with E-state index in [1.165, 1.54) is 0 Å². The maximum absolute atomic E-state index is 10.4. The molecule has 2 rings (SSSR count). The summed E-state index contributed by atoms with van der Waals surface area (Å²) in [7, 11) is 0. The summed E-state index contributed by atoms with van der Waals surface area (Å²) in [5.74, 6) is 1.50. The number of aliphatic hydroxyl groups excluding tert-OH is 1. The molecule has 0 aliphatic carbocycles. The molecule has 1 aliphatic heterocycles. The largest absolute Gasteiger partial charge is 0.486 e. The van der Waals surface area contributed by atoms with Gasteiger partial charge in [-0.25, -0.2) is 0 Å². The Morgan fingerprint density at radius 1 is 1.20 bits per heavy atom. The first-order valence-electron chi connectivity index (χ1n) is 7.43. The fourth-order valence-electron chi connectivity index (χ4n) is 2.44. The molecule has 1 aliphatic rings. The van der Waals surface area contributed by atoms with Gasteiger partial charge in [0.15, 0.2) is 11.5 Å². The number of rotatable bonds is 6. The van der Waals surface area contributed by atoms with E-state index in [1.807, 2.05) is 18.2 Å². The molecular formula is C16H25NO3. The quantitative estimate of drug-likeness (QED) is 0.869. The van der Waals surface area contributed by atoms with Crippen LogP contribution < -0.4 is 9.47 Å². The van der Waals surface area contributed by atoms with E-state index in [1.54, 1.807) is 0 Å². The lowest BCUT2D eigenvalue weighted by Crippen LogP contribution is -2.35. The van der Waals surface area contributed by atoms with E-state index in [0.29, 0.717) is 25.8 Å². The number of nitrogens with zero attached hydrogens (tertiary/aromatic N) is 1. The van der Waals surface area contributed by atoms with Crippen molar-refractivity contribution < 1.29 is 14.6 Å². The van der Waals surface area contributed by atoms with E-state index < -0.39 is 6.10 Å². The second kappa shape index (κ2) is 6.95. The molecule has 4 nitrogen and oxygen atoms in total. The molecule has 1 heterocycles. The highest BCUT2D eigenvalue weighted by Gasteiger charge is 2.18. The Balaban J connectivity index is 2.06. The third-order valence-corrected chi connectivity index (χ3v) is 3.60. The lowest BCUT2D eigenvalue weighted by Gasteiger charge is -2.29. The van der Waals surface area contributed by atoms with Gasteiger partial charge in [0.25, 0.3) is 0 Å². The van der Waals surface area contributed by atoms with Crippen LogP contribution >= 0.6 is 0 Å². The van der Waals surface area contributed by atoms with E-state index in [4.69, 9.17) is 9.47 Å². The summed E-state index contributed by atoms with van der Waals surface area (Å²) < 4.78 is 11.1. The van der Waals surface area contributed by atoms with Crippen molar-refractivity contribution in [2.75, 3.05) is 26.3 Å². The molecule has 20 heavy (non-hydrogen) atoms. The monoisotopic (exact) mass is 279 g/mol. The Labute approximate surface area is 121 Å². The second-order valence-corrected chi connectivity index (χ2v) is 5.51. The highest BCUT2D eigenvalue weighted by molar-refractivity contribution is 5.44. The van der Waals surface area contributed by atoms with Crippen molar-refractivity contribution in [3.8, 4) is 11.5 Å². The van der Waals surface area contributed by atoms with Crippen LogP contribution in [-0.4, -0.2) is 42.4 Å². The summed E-state index contributed by atoms with van der Waals surface area (Å²) in [4.78, 5) is 2.29. The molecule has 0 radical (unpaired) electrons. The zero-order valence-electron chi connectivity index (χ0n) is 12.6. The van der Waals surface area contributed by atoms with Crippen molar-refractivity contribution in [3.63, 3.8) is 0 Å². The minimum absolute atomic E-state index is 0.432. The molecule has 1 N–H and O–H groups in total. The predicted molar refractivity (Wildman–Crippen MR) is 79.4 cm³/mol. The van der Waals surface area contributed by atoms with Gasteiger partial charge >= 0.3 is 0 Å². The highest BCUT2D eigenvalue weighted by Crippen LogP contribution is 2.32. The Kier molecular flexibility index (Phi) is 5.26. The Morgan fingerprint density at radius 3 is 2.55 bits per heavy atom. The van der Waals surface area contributed by atoms with E-state index in [-0.39, 0.29) is 0 Å². The summed E-state index contributed by atoms with van der Waals surface area (Å²) in [6, 6.07) is 6.13. The molecule has 1 atom stereocenters. The summed E-state index contributed by atoms with van der Waals surface area (Å²) in [5.41, 5.74) is 0.885. The van der Waals surface area contributed by atoms with Gasteiger partial charge in [0.05, 0.1) is 6.10 Å². The zero-order valence-corrected chi connectivity index (χ0v) is 12.6. The van der Waals surface area contributed by atoms with Crippen LogP contribution in [0.5, 0.6) is 11.5 Å². The van der Waals surface area contributed by atoms with Gasteiger partial charge in [0.1, 0.15) is 13.2 Å². The minimum atomic E-state index is -0.500. The van der Waals surface area contributed by atoms with Crippen LogP contribution in [0.4, 0.5) is 0 Å². The fraction of sp³-hybridized carbons (Fsp3) is 0.625. The molecule has 112 valence electrons. The SMILES string of the molecule is CCCN(CC(O)c1ccc2c(c1)OCCO2)C(C)C. The van der Waals surface area contributed by atoms with Crippen molar-refractivity contribution in [3.05, 3.63) is 23.8 Å². The van der Waals surface area contributed by atoms with Gasteiger partial charge in [-0.05, 0) is 44.5 Å². The van der Waals surface area contributed by atoms with Crippen molar-refractivity contribution in [2.45, 2.75) is 39.3 Å². The van der Waals surface area contributed by atoms with Crippen molar-refractivity contribution in [1.29, 1.82) is 0 Å². The fourth-order valence-corrected chi connectivity index (χ4v) is 2.44. The first-order valence-corrected chi connectivity index (χ1v) is 7.43. The average molecular weight is 279 g/mol. The highest BCUT2D eigenvalue weighted by atomic mass is 16.6. The van der Waals surface area contributed by atoms with Crippen molar-refractivity contribution in [1.82, 2.24) is 4.90 Å². The molecule has 1 aromatic rings. The number of hydrogen-bond acceptors (Lipinski definition) is 4. The molecule has 1 unspecified atom stereocenters. The van der Waals surface area contributed by atoms with Gasteiger partial charge < -0.3 is 14.6 Å². The van der Waals surface area contributed by atoms with Gasteiger partial charge in [-0.1, -0.05) is 13.0 Å². The molecule has 0 spiro atoms. The standard InChI is InChI=1S/C16H25NO3/c1-4-7-17(12(2)3)11-14(18)13-5-6-15-16(10-13)20-9-8-19-15/h5-6,10,12,14,18H,4,7-9,11H2,1-3H3. The molecule has 0 fully saturated rings. The van der Waals surface area contributed by atoms with E-state index in [9.17, 15) is 5.11 Å². The van der Waals surface area contributed by atoms with Crippen LogP contribution in [0.2, 0.25) is 0 Å². The first kappa shape index (κ1) is 15.1. The number of fused-ring (bicyclic) bond motifs is 1. The van der Waals surface area contributed by atoms with Crippen LogP contribution in [0, 0.1) is 0 Å². The van der Waals surface area contributed by atoms with Crippen molar-refractivity contribution in [2.24, 2.45) is 0 Å². The Morgan fingerprint density at radius 2 is 1.90 bits per heavy atom. The van der Waals surface area contributed by atoms with Crippen LogP contribution in [-0.2, 0) is 0 Å². The lowest BCUT2D eigenvalue weighted by molar-refractivity contribution is 0.0948. The normalized spacial score (nSPS) is 15.7. The molecule has 4 heteroatoms. The summed E-state index contributed by atoms with van der Waals surface area (Å²) in [5, 5.41) is 10.4. The second-order valence-electron chi connectivity index (χ2n) is 5.51. The molecule has 0 saturated heterocycles. The maximum atomic E-state index is 10.4. The predicted octanol–water partition coefficient (Wildman–Crippen LogP) is 2.61. The van der Waals surface area contributed by atoms with Gasteiger partial charge in [0.2, 0.25) is 0 Å². The third-order valence-electron chi connectivity index (χ3n) is 3.60. The Bertz CT molecular complexity index is 434. The van der Waals surface area contributed by atoms with Crippen LogP contribution in [0.25, 0.3) is 0 Å². The molecule has 0 amide bonds. The summed E-state index contributed by atoms with van der Waals surface area (Å²) in [6.45, 7) is 9.28. The van der Waals surface area contributed by atoms with Crippen LogP contribution in [0.15, 0.2) is 18.2 Å². The minimum Gasteiger partial charge on any atom is -0.486 e. The van der Waals surface area contributed by atoms with E-state index in [0.717, 1.165) is 30.0 Å². The third kappa shape index (κ3) is 3.64. The van der Waals surface area contributed by atoms with Gasteiger partial charge in [-0.15, -0.1) is 0 Å². The lowest BCUT2D eigenvalue weighted by atomic mass is 10.1. The summed E-state index contributed by atoms with van der Waals surface area (Å²) in [6.07, 6.45) is 0.589. The molecule has 0 aromatic heterocycles. The number of benzene rings is 1. The molecule has 0 bridgehead atoms. The molecule has 1 aromatic carbocycles. The zero-order chi connectivity index (χ0) is 14.5. The van der Waals surface area contributed by atoms with Crippen LogP contribution in [0.3, 0.4) is 0 Å². The van der Waals surface area contributed by atoms with Crippen LogP contribution in [0.1, 0.15) is 38.9 Å². The summed E-state index contributed by atoms with van der Waals surface area (Å²) >= 11 is 0. The van der Waals surface area contributed by atoms with Gasteiger partial charge in [-0.3, -0.25) is 4.90 Å². The van der Waals surface area contributed by atoms with E-state index in [2.05, 4.69) is 25.7 Å². The number of hydrogen-bond donors (Lipinski definition) is 1. The van der Waals surface area contributed by atoms with Gasteiger partial charge in [-0.2, -0.15) is 0 Å². The molecular weight excluding hydrogens is 254 g/mol. The molecule has 0 saturated carbocycles. The Hall–Kier alpha value is -1.26. The van der Waals surface area contributed by atoms with E-state index >= 15 is 0 Å². The average Bonchev–Trinajstić information content (AvgIpc) is 2.46. The number of aliphatic hydroxyl groups is 1. The van der Waals surface area contributed by atoms with Crippen molar-refractivity contribution >= 4 is 0 Å².